The number of aromatic amines is 1. The first-order valence-electron chi connectivity index (χ1n) is 20.8. The molecule has 2 saturated heterocycles. The van der Waals surface area contributed by atoms with Gasteiger partial charge < -0.3 is 47.3 Å². The number of amides is 6. The van der Waals surface area contributed by atoms with Crippen molar-refractivity contribution in [1.82, 2.24) is 36.5 Å². The van der Waals surface area contributed by atoms with E-state index in [-0.39, 0.29) is 25.8 Å². The topological polar surface area (TPSA) is 228 Å². The molecule has 318 valence electrons. The Bertz CT molecular complexity index is 2130. The van der Waals surface area contributed by atoms with E-state index < -0.39 is 83.7 Å². The van der Waals surface area contributed by atoms with Crippen LogP contribution in [0.1, 0.15) is 68.6 Å². The summed E-state index contributed by atoms with van der Waals surface area (Å²) in [4.78, 5) is 90.9. The number of carbonyl (C=O) groups excluding carboxylic acids is 6. The maximum atomic E-state index is 14.6. The zero-order valence-electron chi connectivity index (χ0n) is 34.1. The molecule has 60 heavy (non-hydrogen) atoms. The van der Waals surface area contributed by atoms with E-state index in [1.54, 1.807) is 37.4 Å². The summed E-state index contributed by atoms with van der Waals surface area (Å²) < 4.78 is 0. The van der Waals surface area contributed by atoms with E-state index in [0.29, 0.717) is 32.2 Å². The van der Waals surface area contributed by atoms with Crippen LogP contribution in [-0.4, -0.2) is 106 Å². The van der Waals surface area contributed by atoms with Crippen molar-refractivity contribution in [1.29, 1.82) is 0 Å². The van der Waals surface area contributed by atoms with Gasteiger partial charge in [0.15, 0.2) is 0 Å². The molecule has 2 fully saturated rings. The van der Waals surface area contributed by atoms with Gasteiger partial charge in [-0.15, -0.1) is 0 Å². The average molecular weight is 821 g/mol. The molecule has 0 unspecified atom stereocenters. The highest BCUT2D eigenvalue weighted by Crippen LogP contribution is 2.28. The first kappa shape index (κ1) is 43.5. The van der Waals surface area contributed by atoms with Crippen LogP contribution < -0.4 is 32.3 Å². The second kappa shape index (κ2) is 20.3. The van der Waals surface area contributed by atoms with Crippen molar-refractivity contribution >= 4 is 46.3 Å². The number of rotatable bonds is 11. The number of hydrogen-bond donors (Lipinski definition) is 8. The van der Waals surface area contributed by atoms with Gasteiger partial charge >= 0.3 is 0 Å². The van der Waals surface area contributed by atoms with E-state index >= 15 is 0 Å². The zero-order valence-corrected chi connectivity index (χ0v) is 34.1. The molecule has 0 bridgehead atoms. The normalized spacial score (nSPS) is 24.6. The van der Waals surface area contributed by atoms with Crippen molar-refractivity contribution in [3.63, 3.8) is 0 Å². The van der Waals surface area contributed by atoms with Gasteiger partial charge in [0.1, 0.15) is 36.3 Å². The summed E-state index contributed by atoms with van der Waals surface area (Å²) in [5, 5.41) is 25.8. The number of nitrogens with two attached hydrogens (primary N) is 1. The number of aliphatic hydroxyl groups is 1. The molecule has 8 atom stereocenters. The Morgan fingerprint density at radius 3 is 1.90 bits per heavy atom. The van der Waals surface area contributed by atoms with Crippen molar-refractivity contribution in [2.24, 2.45) is 5.73 Å². The van der Waals surface area contributed by atoms with Crippen molar-refractivity contribution in [2.45, 2.75) is 107 Å². The number of H-pyrrole nitrogens is 1. The van der Waals surface area contributed by atoms with E-state index in [0.717, 1.165) is 27.6 Å². The maximum Gasteiger partial charge on any atom is 0.246 e. The van der Waals surface area contributed by atoms with Crippen LogP contribution in [-0.2, 0) is 41.6 Å². The van der Waals surface area contributed by atoms with Crippen LogP contribution in [0, 0.1) is 0 Å². The molecule has 4 aromatic rings. The van der Waals surface area contributed by atoms with Crippen molar-refractivity contribution in [3.05, 3.63) is 108 Å². The number of aromatic nitrogens is 1. The van der Waals surface area contributed by atoms with E-state index in [9.17, 15) is 33.9 Å². The van der Waals surface area contributed by atoms with Gasteiger partial charge in [0.25, 0.3) is 0 Å². The Labute approximate surface area is 349 Å². The molecule has 6 amide bonds. The predicted octanol–water partition coefficient (Wildman–Crippen LogP) is 1.70. The Balaban J connectivity index is 1.42. The minimum absolute atomic E-state index is 0.0591. The van der Waals surface area contributed by atoms with Crippen LogP contribution in [0.4, 0.5) is 0 Å². The number of para-hydroxylation sites is 1. The third kappa shape index (κ3) is 10.6. The van der Waals surface area contributed by atoms with Gasteiger partial charge in [-0.1, -0.05) is 85.8 Å². The van der Waals surface area contributed by atoms with Gasteiger partial charge in [0.2, 0.25) is 35.4 Å². The molecular formula is C45H56N8O7. The largest absolute Gasteiger partial charge is 0.391 e. The number of aliphatic hydroxyl groups excluding tert-OH is 1. The Morgan fingerprint density at radius 1 is 0.667 bits per heavy atom. The fourth-order valence-electron chi connectivity index (χ4n) is 8.15. The van der Waals surface area contributed by atoms with Crippen LogP contribution in [0.3, 0.4) is 0 Å². The minimum Gasteiger partial charge on any atom is -0.391 e. The average Bonchev–Trinajstić information content (AvgIpc) is 3.92. The number of carbonyl (C=O) groups is 6. The van der Waals surface area contributed by atoms with Gasteiger partial charge in [0.05, 0.1) is 6.10 Å². The summed E-state index contributed by atoms with van der Waals surface area (Å²) in [7, 11) is 0. The number of nitrogens with zero attached hydrogens (tertiary/aromatic N) is 1. The monoisotopic (exact) mass is 820 g/mol. The lowest BCUT2D eigenvalue weighted by Gasteiger charge is -2.33. The lowest BCUT2D eigenvalue weighted by molar-refractivity contribution is -0.143. The molecule has 3 heterocycles. The van der Waals surface area contributed by atoms with Gasteiger partial charge in [0, 0.05) is 42.4 Å². The molecule has 6 rings (SSSR count). The molecule has 2 aliphatic heterocycles. The molecule has 0 spiro atoms. The summed E-state index contributed by atoms with van der Waals surface area (Å²) in [6, 6.07) is 18.4. The summed E-state index contributed by atoms with van der Waals surface area (Å²) in [5.41, 5.74) is 8.83. The summed E-state index contributed by atoms with van der Waals surface area (Å²) in [5.74, 6) is -4.60. The molecular weight excluding hydrogens is 765 g/mol. The number of benzene rings is 3. The first-order chi connectivity index (χ1) is 28.9. The number of hydrogen-bond acceptors (Lipinski definition) is 8. The second-order valence-electron chi connectivity index (χ2n) is 15.8. The van der Waals surface area contributed by atoms with Crippen LogP contribution in [0.5, 0.6) is 0 Å². The molecule has 9 N–H and O–H groups in total. The lowest BCUT2D eigenvalue weighted by atomic mass is 9.91. The second-order valence-corrected chi connectivity index (χ2v) is 15.8. The first-order valence-corrected chi connectivity index (χ1v) is 20.8. The summed E-state index contributed by atoms with van der Waals surface area (Å²) in [6.07, 6.45) is 2.40. The Kier molecular flexibility index (Phi) is 14.7. The number of fused-ring (bicyclic) bond motifs is 2. The molecule has 0 radical (unpaired) electrons. The molecule has 1 aromatic heterocycles. The molecule has 0 saturated carbocycles. The van der Waals surface area contributed by atoms with Gasteiger partial charge in [-0.25, -0.2) is 0 Å². The van der Waals surface area contributed by atoms with Crippen molar-refractivity contribution in [3.8, 4) is 0 Å². The smallest absolute Gasteiger partial charge is 0.246 e. The van der Waals surface area contributed by atoms with Crippen LogP contribution in [0.15, 0.2) is 91.1 Å². The van der Waals surface area contributed by atoms with Gasteiger partial charge in [-0.3, -0.25) is 28.8 Å². The highest BCUT2D eigenvalue weighted by atomic mass is 16.3. The highest BCUT2D eigenvalue weighted by molar-refractivity contribution is 5.99. The predicted molar refractivity (Wildman–Crippen MR) is 226 cm³/mol. The quantitative estimate of drug-likeness (QED) is 0.104. The van der Waals surface area contributed by atoms with Gasteiger partial charge in [-0.05, 0) is 68.3 Å². The van der Waals surface area contributed by atoms with Crippen molar-refractivity contribution in [2.75, 3.05) is 13.1 Å². The van der Waals surface area contributed by atoms with E-state index in [1.807, 2.05) is 60.7 Å². The standard InChI is InChI=1S/C45H56N8O7/c1-27(32-26-47-33-19-10-9-18-31(32)33)38-43(58)48-34(20-11-12-22-46)40(55)52-39(28(2)54)44(59)50-36(25-30-16-7-4-8-17-30)45(60)53-23-13-21-37(53)42(57)49-35(41(56)51-38)24-29-14-5-3-6-15-29/h3-10,14-19,26-28,34-39,47,54H,11-13,20-25,46H2,1-2H3,(H,48,58)(H,49,57)(H,50,59)(H,51,56)(H,52,55)/t27-,28+,34-,35-,36-,37-,38+,39-/m0/s1. The highest BCUT2D eigenvalue weighted by Gasteiger charge is 2.41. The van der Waals surface area contributed by atoms with Crippen LogP contribution in [0.2, 0.25) is 0 Å². The maximum absolute atomic E-state index is 14.6. The van der Waals surface area contributed by atoms with E-state index in [4.69, 9.17) is 5.73 Å². The fraction of sp³-hybridized carbons (Fsp3) is 0.422. The third-order valence-corrected chi connectivity index (χ3v) is 11.5. The summed E-state index contributed by atoms with van der Waals surface area (Å²) >= 11 is 0. The fourth-order valence-corrected chi connectivity index (χ4v) is 8.15. The zero-order chi connectivity index (χ0) is 42.8. The number of unbranched alkanes of at least 4 members (excludes halogenated alkanes) is 1. The van der Waals surface area contributed by atoms with Crippen LogP contribution >= 0.6 is 0 Å². The molecule has 15 heteroatoms. The SMILES string of the molecule is C[C@@H](O)[C@@H]1NC(=O)[C@H](CCCCN)NC(=O)[C@@H]([C@@H](C)c2c[nH]c3ccccc23)NC(=O)[C@H](Cc2ccccc2)NC(=O)[C@@H]2CCCN2C(=O)[C@H](Cc2ccccc2)NC1=O. The summed E-state index contributed by atoms with van der Waals surface area (Å²) in [6.45, 7) is 3.69. The molecule has 15 nitrogen and oxygen atoms in total. The van der Waals surface area contributed by atoms with Crippen molar-refractivity contribution < 1.29 is 33.9 Å². The number of nitrogens with one attached hydrogen (secondary N) is 6. The van der Waals surface area contributed by atoms with Gasteiger partial charge in [-0.2, -0.15) is 0 Å². The minimum atomic E-state index is -1.52. The Morgan fingerprint density at radius 2 is 1.23 bits per heavy atom. The third-order valence-electron chi connectivity index (χ3n) is 11.5. The molecule has 2 aliphatic rings. The van der Waals surface area contributed by atoms with E-state index in [1.165, 1.54) is 11.8 Å². The molecule has 0 aliphatic carbocycles. The van der Waals surface area contributed by atoms with Crippen LogP contribution in [0.25, 0.3) is 10.9 Å². The molecule has 3 aromatic carbocycles. The Hall–Kier alpha value is -6.06. The lowest BCUT2D eigenvalue weighted by Crippen LogP contribution is -2.63. The van der Waals surface area contributed by atoms with E-state index in [2.05, 4.69) is 31.6 Å².